The quantitative estimate of drug-likeness (QED) is 0.447. The number of anilines is 1. The highest BCUT2D eigenvalue weighted by atomic mass is 16.2. The third kappa shape index (κ3) is 4.44. The molecule has 1 aliphatic heterocycles. The number of fused-ring (bicyclic) bond motifs is 1. The number of hydrogen-bond donors (Lipinski definition) is 1. The number of nitrogens with one attached hydrogen (secondary N) is 1. The van der Waals surface area contributed by atoms with Crippen LogP contribution < -0.4 is 16.6 Å². The standard InChI is InChI=1S/C27H30N6O2/c1-19(2)16-32-23-18-31(17-20-10-12-22(13-11-20)33-15-7-14-28-33)25(29-21-8-5-4-6-9-21)24(23)26(34)30(3)27(32)35/h4-15,19,25,29H,16-18H2,1-3H3. The van der Waals surface area contributed by atoms with Crippen molar-refractivity contribution in [1.29, 1.82) is 0 Å². The summed E-state index contributed by atoms with van der Waals surface area (Å²) in [5.41, 5.74) is 3.97. The molecule has 0 saturated carbocycles. The Hall–Kier alpha value is -3.91. The lowest BCUT2D eigenvalue weighted by Gasteiger charge is -2.26. The Labute approximate surface area is 204 Å². The lowest BCUT2D eigenvalue weighted by atomic mass is 10.1. The summed E-state index contributed by atoms with van der Waals surface area (Å²) >= 11 is 0. The number of benzene rings is 2. The molecule has 1 unspecified atom stereocenters. The van der Waals surface area contributed by atoms with Gasteiger partial charge in [-0.3, -0.25) is 18.8 Å². The molecule has 1 aliphatic rings. The molecule has 0 amide bonds. The molecule has 5 rings (SSSR count). The molecule has 0 saturated heterocycles. The normalized spacial score (nSPS) is 15.5. The highest BCUT2D eigenvalue weighted by molar-refractivity contribution is 5.46. The molecule has 35 heavy (non-hydrogen) atoms. The van der Waals surface area contributed by atoms with Crippen molar-refractivity contribution in [3.05, 3.63) is 111 Å². The molecule has 3 heterocycles. The fourth-order valence-electron chi connectivity index (χ4n) is 4.71. The highest BCUT2D eigenvalue weighted by Gasteiger charge is 2.36. The van der Waals surface area contributed by atoms with Crippen molar-refractivity contribution >= 4 is 5.69 Å². The van der Waals surface area contributed by atoms with E-state index < -0.39 is 0 Å². The average Bonchev–Trinajstić information content (AvgIpc) is 3.51. The largest absolute Gasteiger partial charge is 0.366 e. The van der Waals surface area contributed by atoms with Crippen molar-refractivity contribution < 1.29 is 0 Å². The van der Waals surface area contributed by atoms with Crippen LogP contribution in [0.4, 0.5) is 5.69 Å². The first kappa shape index (κ1) is 22.9. The summed E-state index contributed by atoms with van der Waals surface area (Å²) in [4.78, 5) is 28.6. The van der Waals surface area contributed by atoms with E-state index in [-0.39, 0.29) is 23.3 Å². The monoisotopic (exact) mass is 470 g/mol. The van der Waals surface area contributed by atoms with Gasteiger partial charge in [0.15, 0.2) is 0 Å². The molecule has 8 heteroatoms. The smallest absolute Gasteiger partial charge is 0.330 e. The van der Waals surface area contributed by atoms with E-state index in [0.717, 1.165) is 22.6 Å². The van der Waals surface area contributed by atoms with Crippen LogP contribution in [-0.2, 0) is 26.7 Å². The summed E-state index contributed by atoms with van der Waals surface area (Å²) in [7, 11) is 1.57. The van der Waals surface area contributed by atoms with Crippen molar-refractivity contribution in [1.82, 2.24) is 23.8 Å². The predicted molar refractivity (Wildman–Crippen MR) is 136 cm³/mol. The third-order valence-electron chi connectivity index (χ3n) is 6.40. The maximum absolute atomic E-state index is 13.4. The van der Waals surface area contributed by atoms with Crippen LogP contribution in [0.5, 0.6) is 0 Å². The molecule has 0 aliphatic carbocycles. The fourth-order valence-corrected chi connectivity index (χ4v) is 4.71. The lowest BCUT2D eigenvalue weighted by Crippen LogP contribution is -2.42. The van der Waals surface area contributed by atoms with Gasteiger partial charge in [-0.15, -0.1) is 0 Å². The Morgan fingerprint density at radius 2 is 1.77 bits per heavy atom. The zero-order chi connectivity index (χ0) is 24.5. The van der Waals surface area contributed by atoms with E-state index in [0.29, 0.717) is 25.2 Å². The van der Waals surface area contributed by atoms with Gasteiger partial charge in [0.25, 0.3) is 5.56 Å². The minimum Gasteiger partial charge on any atom is -0.366 e. The molecule has 2 aromatic carbocycles. The Morgan fingerprint density at radius 1 is 1.03 bits per heavy atom. The van der Waals surface area contributed by atoms with E-state index in [1.165, 1.54) is 4.57 Å². The van der Waals surface area contributed by atoms with Gasteiger partial charge in [0, 0.05) is 50.5 Å². The zero-order valence-corrected chi connectivity index (χ0v) is 20.3. The molecule has 8 nitrogen and oxygen atoms in total. The first-order chi connectivity index (χ1) is 16.9. The van der Waals surface area contributed by atoms with Gasteiger partial charge in [0.05, 0.1) is 11.3 Å². The topological polar surface area (TPSA) is 77.1 Å². The van der Waals surface area contributed by atoms with Gasteiger partial charge in [0.1, 0.15) is 6.17 Å². The SMILES string of the molecule is CC(C)Cn1c2c(c(=O)n(C)c1=O)C(Nc1ccccc1)N(Cc1ccc(-n3cccn3)cc1)C2. The van der Waals surface area contributed by atoms with Crippen LogP contribution in [-0.4, -0.2) is 23.8 Å². The Bertz CT molecular complexity index is 1420. The number of rotatable bonds is 7. The number of hydrogen-bond acceptors (Lipinski definition) is 5. The van der Waals surface area contributed by atoms with E-state index in [1.54, 1.807) is 17.8 Å². The number of aromatic nitrogens is 4. The van der Waals surface area contributed by atoms with Crippen LogP contribution in [0, 0.1) is 5.92 Å². The second-order valence-corrected chi connectivity index (χ2v) is 9.45. The molecule has 0 radical (unpaired) electrons. The Balaban J connectivity index is 1.53. The first-order valence-corrected chi connectivity index (χ1v) is 11.9. The van der Waals surface area contributed by atoms with Gasteiger partial charge in [-0.1, -0.05) is 44.2 Å². The van der Waals surface area contributed by atoms with E-state index in [1.807, 2.05) is 59.4 Å². The van der Waals surface area contributed by atoms with Crippen LogP contribution in [0.3, 0.4) is 0 Å². The number of para-hydroxylation sites is 1. The minimum absolute atomic E-state index is 0.241. The van der Waals surface area contributed by atoms with E-state index in [9.17, 15) is 9.59 Å². The van der Waals surface area contributed by atoms with Crippen LogP contribution >= 0.6 is 0 Å². The molecule has 180 valence electrons. The van der Waals surface area contributed by atoms with E-state index >= 15 is 0 Å². The van der Waals surface area contributed by atoms with Gasteiger partial charge >= 0.3 is 5.69 Å². The second-order valence-electron chi connectivity index (χ2n) is 9.45. The van der Waals surface area contributed by atoms with Crippen molar-refractivity contribution in [3.63, 3.8) is 0 Å². The van der Waals surface area contributed by atoms with Gasteiger partial charge in [-0.05, 0) is 41.8 Å². The number of nitrogens with zero attached hydrogens (tertiary/aromatic N) is 5. The average molecular weight is 471 g/mol. The van der Waals surface area contributed by atoms with Crippen LogP contribution in [0.15, 0.2) is 82.6 Å². The zero-order valence-electron chi connectivity index (χ0n) is 20.3. The summed E-state index contributed by atoms with van der Waals surface area (Å²) in [6.45, 7) is 5.87. The Kier molecular flexibility index (Phi) is 6.13. The van der Waals surface area contributed by atoms with Crippen LogP contribution in [0.1, 0.15) is 36.8 Å². The third-order valence-corrected chi connectivity index (χ3v) is 6.40. The summed E-state index contributed by atoms with van der Waals surface area (Å²) in [5, 5.41) is 7.84. The highest BCUT2D eigenvalue weighted by Crippen LogP contribution is 2.33. The van der Waals surface area contributed by atoms with Crippen molar-refractivity contribution in [2.45, 2.75) is 39.6 Å². The summed E-state index contributed by atoms with van der Waals surface area (Å²) in [5.74, 6) is 0.277. The van der Waals surface area contributed by atoms with Gasteiger partial charge in [-0.25, -0.2) is 9.48 Å². The molecule has 4 aromatic rings. The molecular weight excluding hydrogens is 440 g/mol. The Morgan fingerprint density at radius 3 is 2.43 bits per heavy atom. The first-order valence-electron chi connectivity index (χ1n) is 11.9. The predicted octanol–water partition coefficient (Wildman–Crippen LogP) is 3.52. The molecule has 2 aromatic heterocycles. The molecule has 0 spiro atoms. The maximum Gasteiger partial charge on any atom is 0.330 e. The van der Waals surface area contributed by atoms with E-state index in [2.05, 4.69) is 41.3 Å². The molecule has 0 fully saturated rings. The summed E-state index contributed by atoms with van der Waals surface area (Å²) in [6.07, 6.45) is 3.32. The maximum atomic E-state index is 13.4. The molecular formula is C27H30N6O2. The van der Waals surface area contributed by atoms with Crippen molar-refractivity contribution in [3.8, 4) is 5.69 Å². The molecule has 1 N–H and O–H groups in total. The van der Waals surface area contributed by atoms with Gasteiger partial charge in [0.2, 0.25) is 0 Å². The van der Waals surface area contributed by atoms with Gasteiger partial charge in [-0.2, -0.15) is 5.10 Å². The van der Waals surface area contributed by atoms with Crippen LogP contribution in [0.25, 0.3) is 5.69 Å². The minimum atomic E-state index is -0.351. The van der Waals surface area contributed by atoms with Gasteiger partial charge < -0.3 is 5.32 Å². The van der Waals surface area contributed by atoms with E-state index in [4.69, 9.17) is 0 Å². The second kappa shape index (κ2) is 9.38. The fraction of sp³-hybridized carbons (Fsp3) is 0.296. The van der Waals surface area contributed by atoms with Crippen molar-refractivity contribution in [2.75, 3.05) is 5.32 Å². The molecule has 1 atom stereocenters. The summed E-state index contributed by atoms with van der Waals surface area (Å²) in [6, 6.07) is 20.0. The van der Waals surface area contributed by atoms with Crippen LogP contribution in [0.2, 0.25) is 0 Å². The lowest BCUT2D eigenvalue weighted by molar-refractivity contribution is 0.223. The van der Waals surface area contributed by atoms with Crippen molar-refractivity contribution in [2.24, 2.45) is 13.0 Å². The summed E-state index contributed by atoms with van der Waals surface area (Å²) < 4.78 is 4.84. The molecule has 0 bridgehead atoms.